The third-order valence-corrected chi connectivity index (χ3v) is 9.99. The Labute approximate surface area is 369 Å². The molecule has 8 aromatic rings. The number of phenolic OH excluding ortho intramolecular Hbond substituents is 1. The van der Waals surface area contributed by atoms with Crippen molar-refractivity contribution in [3.8, 4) is 67.5 Å². The third-order valence-electron chi connectivity index (χ3n) is 9.99. The minimum atomic E-state index is -3.80. The van der Waals surface area contributed by atoms with Crippen LogP contribution in [0.25, 0.3) is 72.7 Å². The molecule has 57 heavy (non-hydrogen) atoms. The van der Waals surface area contributed by atoms with Gasteiger partial charge in [0.25, 0.3) is 0 Å². The van der Waals surface area contributed by atoms with Crippen LogP contribution in [0, 0.1) is 6.07 Å². The van der Waals surface area contributed by atoms with Crippen molar-refractivity contribution in [2.24, 2.45) is 0 Å². The third kappa shape index (κ3) is 7.89. The summed E-state index contributed by atoms with van der Waals surface area (Å²) in [6, 6.07) is 36.1. The summed E-state index contributed by atoms with van der Waals surface area (Å²) >= 11 is 0. The van der Waals surface area contributed by atoms with Crippen molar-refractivity contribution >= 4 is 11.0 Å². The number of nitrogens with zero attached hydrogens (tertiary/aromatic N) is 3. The fourth-order valence-corrected chi connectivity index (χ4v) is 7.00. The molecule has 1 N–H and O–H groups in total. The number of aryl methyl sites for hydroxylation is 1. The Morgan fingerprint density at radius 3 is 2.12 bits per heavy atom. The second kappa shape index (κ2) is 15.8. The van der Waals surface area contributed by atoms with Crippen LogP contribution in [0.15, 0.2) is 146 Å². The maximum Gasteiger partial charge on any atom is 0.148 e. The van der Waals surface area contributed by atoms with Crippen LogP contribution in [-0.2, 0) is 38.3 Å². The van der Waals surface area contributed by atoms with Crippen LogP contribution in [0.4, 0.5) is 0 Å². The first-order valence-corrected chi connectivity index (χ1v) is 18.5. The number of aromatic hydroxyl groups is 1. The molecule has 5 heteroatoms. The summed E-state index contributed by atoms with van der Waals surface area (Å²) in [5.41, 5.74) is 3.62. The van der Waals surface area contributed by atoms with Crippen molar-refractivity contribution in [1.29, 1.82) is 0 Å². The van der Waals surface area contributed by atoms with Gasteiger partial charge in [0.05, 0.1) is 22.1 Å². The van der Waals surface area contributed by atoms with Crippen molar-refractivity contribution < 1.29 is 44.0 Å². The fourth-order valence-electron chi connectivity index (χ4n) is 7.00. The molecule has 0 radical (unpaired) electrons. The number of aromatic nitrogens is 3. The molecule has 0 atom stereocenters. The van der Waals surface area contributed by atoms with Crippen LogP contribution in [0.3, 0.4) is 0 Å². The number of benzene rings is 6. The number of hydrogen-bond donors (Lipinski definition) is 1. The zero-order valence-electron chi connectivity index (χ0n) is 44.9. The molecule has 0 saturated carbocycles. The Kier molecular flexibility index (Phi) is 7.29. The molecule has 0 amide bonds. The number of hydrogen-bond acceptors (Lipinski definition) is 3. The van der Waals surface area contributed by atoms with E-state index in [4.69, 9.17) is 22.8 Å². The van der Waals surface area contributed by atoms with Gasteiger partial charge in [-0.05, 0) is 87.0 Å². The van der Waals surface area contributed by atoms with E-state index >= 15 is 0 Å². The molecule has 0 bridgehead atoms. The van der Waals surface area contributed by atoms with Crippen molar-refractivity contribution in [2.75, 3.05) is 0 Å². The predicted octanol–water partition coefficient (Wildman–Crippen LogP) is 13.4. The monoisotopic (exact) mass is 938 g/mol. The summed E-state index contributed by atoms with van der Waals surface area (Å²) in [5.74, 6) is 0.579. The van der Waals surface area contributed by atoms with E-state index in [1.807, 2.05) is 65.2 Å². The van der Waals surface area contributed by atoms with Gasteiger partial charge in [-0.2, -0.15) is 0 Å². The predicted molar refractivity (Wildman–Crippen MR) is 233 cm³/mol. The van der Waals surface area contributed by atoms with Gasteiger partial charge in [0, 0.05) is 51.0 Å². The molecule has 0 aliphatic rings. The van der Waals surface area contributed by atoms with Crippen LogP contribution in [0.5, 0.6) is 5.75 Å². The van der Waals surface area contributed by atoms with Crippen molar-refractivity contribution in [3.05, 3.63) is 168 Å². The standard InChI is InChI=1S/C52H48N3O.Pt/c1-8-34-32-42(25-26-43(34)36-15-10-9-11-16-36)55-47-19-14-18-44(49(47)54-50(55)45-17-12-13-20-48(45)56)38-29-39(31-41(30-38)52(5,6)7)46-33-37(27-28-53-46)35-21-23-40(24-22-35)51(2,3)4;/h9-28,30-33,56H,8H2,1-7H3;/q-1;/i2D3,3D3,4D3,21D,22D,23D,24D;. The van der Waals surface area contributed by atoms with Gasteiger partial charge >= 0.3 is 0 Å². The molecule has 8 rings (SSSR count). The minimum Gasteiger partial charge on any atom is -0.507 e. The van der Waals surface area contributed by atoms with Gasteiger partial charge in [0.2, 0.25) is 0 Å². The number of rotatable bonds is 7. The van der Waals surface area contributed by atoms with Gasteiger partial charge in [-0.3, -0.25) is 9.55 Å². The first-order chi connectivity index (χ1) is 32.3. The summed E-state index contributed by atoms with van der Waals surface area (Å²) in [5, 5.41) is 11.3. The second-order valence-corrected chi connectivity index (χ2v) is 14.9. The van der Waals surface area contributed by atoms with Crippen molar-refractivity contribution in [1.82, 2.24) is 14.5 Å². The Morgan fingerprint density at radius 2 is 1.40 bits per heavy atom. The van der Waals surface area contributed by atoms with E-state index in [2.05, 4.69) is 69.1 Å². The van der Waals surface area contributed by atoms with E-state index in [0.717, 1.165) is 45.4 Å². The first-order valence-electron chi connectivity index (χ1n) is 25.0. The Morgan fingerprint density at radius 1 is 0.684 bits per heavy atom. The SMILES string of the molecule is [2H]c1c([2H])c(C(C([2H])([2H])[2H])(C([2H])([2H])[2H])C([2H])([2H])[2H])c([2H])c([2H])c1-c1ccnc(-c2[c-]c(-c3cccc4c3nc(-c3ccccc3O)n4-c3ccc(-c4ccccc4)c(CC)c3)cc(C(C)(C)C)c2)c1.[Pt]. The van der Waals surface area contributed by atoms with Crippen LogP contribution in [0.2, 0.25) is 0 Å². The molecule has 0 aliphatic carbocycles. The Hall–Kier alpha value is -5.57. The molecular weight excluding hydrogens is 878 g/mol. The number of pyridine rings is 1. The smallest absolute Gasteiger partial charge is 0.148 e. The second-order valence-electron chi connectivity index (χ2n) is 14.9. The molecule has 2 aromatic heterocycles. The van der Waals surface area contributed by atoms with Gasteiger partial charge < -0.3 is 5.11 Å². The molecule has 4 nitrogen and oxygen atoms in total. The van der Waals surface area contributed by atoms with E-state index in [1.54, 1.807) is 12.1 Å². The largest absolute Gasteiger partial charge is 0.507 e. The van der Waals surface area contributed by atoms with Crippen LogP contribution >= 0.6 is 0 Å². The van der Waals surface area contributed by atoms with Crippen LogP contribution in [0.1, 0.15) is 82.8 Å². The maximum absolute atomic E-state index is 11.3. The topological polar surface area (TPSA) is 50.9 Å². The number of imidazole rings is 1. The molecule has 288 valence electrons. The van der Waals surface area contributed by atoms with E-state index < -0.39 is 61.1 Å². The van der Waals surface area contributed by atoms with E-state index in [1.165, 1.54) is 18.3 Å². The number of para-hydroxylation sites is 2. The first kappa shape index (κ1) is 26.4. The summed E-state index contributed by atoms with van der Waals surface area (Å²) in [4.78, 5) is 9.92. The summed E-state index contributed by atoms with van der Waals surface area (Å²) < 4.78 is 112. The molecule has 0 unspecified atom stereocenters. The number of fused-ring (bicyclic) bond motifs is 1. The molecule has 0 saturated heterocycles. The summed E-state index contributed by atoms with van der Waals surface area (Å²) in [6.45, 7) is -3.12. The molecule has 0 aliphatic heterocycles. The number of phenols is 1. The van der Waals surface area contributed by atoms with Gasteiger partial charge in [0.1, 0.15) is 11.6 Å². The van der Waals surface area contributed by atoms with Gasteiger partial charge in [0.15, 0.2) is 0 Å². The molecule has 6 aromatic carbocycles. The molecular formula is C52H48N3OPt-. The Balaban J connectivity index is 0.00000722. The van der Waals surface area contributed by atoms with Crippen LogP contribution in [-0.4, -0.2) is 19.6 Å². The molecule has 0 fully saturated rings. The zero-order chi connectivity index (χ0) is 50.2. The van der Waals surface area contributed by atoms with E-state index in [9.17, 15) is 5.11 Å². The van der Waals surface area contributed by atoms with E-state index in [-0.39, 0.29) is 37.9 Å². The minimum absolute atomic E-state index is 0. The fraction of sp³-hybridized carbons (Fsp3) is 0.192. The molecule has 0 spiro atoms. The summed E-state index contributed by atoms with van der Waals surface area (Å²) in [6.07, 6.45) is 2.18. The maximum atomic E-state index is 11.3. The van der Waals surface area contributed by atoms with Gasteiger partial charge in [-0.15, -0.1) is 29.3 Å². The van der Waals surface area contributed by atoms with Crippen molar-refractivity contribution in [2.45, 2.75) is 65.5 Å². The van der Waals surface area contributed by atoms with Crippen molar-refractivity contribution in [3.63, 3.8) is 0 Å². The normalized spacial score (nSPS) is 15.8. The Bertz CT molecular complexity index is 3220. The van der Waals surface area contributed by atoms with Crippen LogP contribution < -0.4 is 0 Å². The molecule has 2 heterocycles. The average molecular weight is 939 g/mol. The van der Waals surface area contributed by atoms with E-state index in [0.29, 0.717) is 33.7 Å². The zero-order valence-corrected chi connectivity index (χ0v) is 34.1. The summed E-state index contributed by atoms with van der Waals surface area (Å²) in [7, 11) is 0. The van der Waals surface area contributed by atoms with Gasteiger partial charge in [-0.25, -0.2) is 4.98 Å². The van der Waals surface area contributed by atoms with Gasteiger partial charge in [-0.1, -0.05) is 150 Å². The quantitative estimate of drug-likeness (QED) is 0.162. The average Bonchev–Trinajstić information content (AvgIpc) is 3.68.